The molecule has 4 rings (SSSR count). The molecule has 0 aromatic carbocycles. The fraction of sp³-hybridized carbons (Fsp3) is 0.789. The fourth-order valence-electron chi connectivity index (χ4n) is 4.48. The number of nitrogens with one attached hydrogen (secondary N) is 1. The minimum atomic E-state index is -0.293. The number of carbonyl (C=O) groups is 2. The molecule has 1 aliphatic heterocycles. The van der Waals surface area contributed by atoms with E-state index in [1.807, 2.05) is 18.7 Å². The molecule has 2 unspecified atom stereocenters. The number of carbonyl (C=O) groups excluding carboxylic acids is 2. The van der Waals surface area contributed by atoms with Gasteiger partial charge in [-0.3, -0.25) is 9.59 Å². The Bertz CT molecular complexity index is 682. The second kappa shape index (κ2) is 6.35. The van der Waals surface area contributed by atoms with Crippen LogP contribution in [0.3, 0.4) is 0 Å². The Morgan fingerprint density at radius 2 is 1.88 bits per heavy atom. The van der Waals surface area contributed by atoms with Crippen molar-refractivity contribution in [2.45, 2.75) is 58.5 Å². The van der Waals surface area contributed by atoms with Crippen LogP contribution in [0.2, 0.25) is 0 Å². The fourth-order valence-corrected chi connectivity index (χ4v) is 4.48. The molecule has 1 aromatic rings. The first-order chi connectivity index (χ1) is 12.4. The molecule has 2 saturated carbocycles. The molecule has 7 nitrogen and oxygen atoms in total. The lowest BCUT2D eigenvalue weighted by atomic mass is 9.90. The molecule has 0 bridgehead atoms. The molecule has 1 aromatic heterocycles. The SMILES string of the molecule is CC(C)C(C(=O)N1CC(NC(=O)[C@H]2C[C@@H]2C)CC2(CC2)C1)n1cnnc1. The Morgan fingerprint density at radius 1 is 1.23 bits per heavy atom. The first-order valence-corrected chi connectivity index (χ1v) is 9.82. The highest BCUT2D eigenvalue weighted by atomic mass is 16.2. The summed E-state index contributed by atoms with van der Waals surface area (Å²) in [6, 6.07) is -0.220. The second-order valence-corrected chi connectivity index (χ2v) is 9.05. The van der Waals surface area contributed by atoms with Crippen LogP contribution in [0.1, 0.15) is 52.5 Å². The lowest BCUT2D eigenvalue weighted by Gasteiger charge is -2.40. The van der Waals surface area contributed by atoms with E-state index in [-0.39, 0.29) is 41.1 Å². The van der Waals surface area contributed by atoms with Crippen molar-refractivity contribution in [3.05, 3.63) is 12.7 Å². The van der Waals surface area contributed by atoms with E-state index in [1.54, 1.807) is 17.2 Å². The van der Waals surface area contributed by atoms with Crippen LogP contribution in [0.25, 0.3) is 0 Å². The van der Waals surface area contributed by atoms with Gasteiger partial charge in [0.2, 0.25) is 11.8 Å². The van der Waals surface area contributed by atoms with E-state index in [2.05, 4.69) is 22.4 Å². The smallest absolute Gasteiger partial charge is 0.246 e. The van der Waals surface area contributed by atoms with Gasteiger partial charge in [0.25, 0.3) is 0 Å². The number of piperidine rings is 1. The van der Waals surface area contributed by atoms with E-state index in [9.17, 15) is 9.59 Å². The van der Waals surface area contributed by atoms with E-state index in [0.717, 1.165) is 32.2 Å². The lowest BCUT2D eigenvalue weighted by molar-refractivity contribution is -0.140. The summed E-state index contributed by atoms with van der Waals surface area (Å²) in [6.07, 6.45) is 7.54. The highest BCUT2D eigenvalue weighted by molar-refractivity contribution is 5.83. The van der Waals surface area contributed by atoms with Crippen molar-refractivity contribution in [3.8, 4) is 0 Å². The standard InChI is InChI=1S/C19H29N5O2/c1-12(2)16(24-10-20-21-11-24)18(26)23-8-14(7-19(9-23)4-5-19)22-17(25)15-6-13(15)3/h10-16H,4-9H2,1-3H3,(H,22,25)/t13-,14?,15-,16?/m0/s1. The van der Waals surface area contributed by atoms with Crippen molar-refractivity contribution in [3.63, 3.8) is 0 Å². The van der Waals surface area contributed by atoms with Crippen molar-refractivity contribution < 1.29 is 9.59 Å². The summed E-state index contributed by atoms with van der Waals surface area (Å²) in [4.78, 5) is 27.7. The third-order valence-corrected chi connectivity index (χ3v) is 6.35. The highest BCUT2D eigenvalue weighted by Crippen LogP contribution is 2.52. The average Bonchev–Trinajstić information content (AvgIpc) is 3.44. The normalized spacial score (nSPS) is 30.3. The van der Waals surface area contributed by atoms with Gasteiger partial charge >= 0.3 is 0 Å². The minimum Gasteiger partial charge on any atom is -0.351 e. The van der Waals surface area contributed by atoms with Gasteiger partial charge in [0.05, 0.1) is 0 Å². The lowest BCUT2D eigenvalue weighted by Crippen LogP contribution is -2.55. The maximum absolute atomic E-state index is 13.3. The maximum atomic E-state index is 13.3. The van der Waals surface area contributed by atoms with Gasteiger partial charge in [0, 0.05) is 25.0 Å². The molecule has 1 N–H and O–H groups in total. The number of hydrogen-bond donors (Lipinski definition) is 1. The summed E-state index contributed by atoms with van der Waals surface area (Å²) in [5.74, 6) is 1.12. The third-order valence-electron chi connectivity index (χ3n) is 6.35. The van der Waals surface area contributed by atoms with Crippen molar-refractivity contribution in [1.29, 1.82) is 0 Å². The van der Waals surface area contributed by atoms with Gasteiger partial charge in [0.15, 0.2) is 0 Å². The van der Waals surface area contributed by atoms with Gasteiger partial charge < -0.3 is 14.8 Å². The summed E-state index contributed by atoms with van der Waals surface area (Å²) in [6.45, 7) is 7.64. The van der Waals surface area contributed by atoms with E-state index in [4.69, 9.17) is 0 Å². The van der Waals surface area contributed by atoms with E-state index >= 15 is 0 Å². The van der Waals surface area contributed by atoms with Crippen LogP contribution in [0, 0.1) is 23.2 Å². The van der Waals surface area contributed by atoms with Crippen LogP contribution in [0.4, 0.5) is 0 Å². The summed E-state index contributed by atoms with van der Waals surface area (Å²) in [5.41, 5.74) is 0.218. The Balaban J connectivity index is 1.48. The predicted molar refractivity (Wildman–Crippen MR) is 96.0 cm³/mol. The first kappa shape index (κ1) is 17.5. The van der Waals surface area contributed by atoms with Gasteiger partial charge in [-0.1, -0.05) is 20.8 Å². The monoisotopic (exact) mass is 359 g/mol. The van der Waals surface area contributed by atoms with Gasteiger partial charge in [0.1, 0.15) is 18.7 Å². The molecule has 7 heteroatoms. The number of amides is 2. The first-order valence-electron chi connectivity index (χ1n) is 9.82. The molecule has 2 amide bonds. The molecule has 4 atom stereocenters. The quantitative estimate of drug-likeness (QED) is 0.866. The number of hydrogen-bond acceptors (Lipinski definition) is 4. The summed E-state index contributed by atoms with van der Waals surface area (Å²) >= 11 is 0. The van der Waals surface area contributed by atoms with Crippen LogP contribution < -0.4 is 5.32 Å². The highest BCUT2D eigenvalue weighted by Gasteiger charge is 2.51. The average molecular weight is 359 g/mol. The van der Waals surface area contributed by atoms with Crippen molar-refractivity contribution >= 4 is 11.8 Å². The van der Waals surface area contributed by atoms with Crippen molar-refractivity contribution in [2.24, 2.45) is 23.2 Å². The number of aromatic nitrogens is 3. The molecular weight excluding hydrogens is 330 g/mol. The van der Waals surface area contributed by atoms with Crippen molar-refractivity contribution in [2.75, 3.05) is 13.1 Å². The zero-order valence-corrected chi connectivity index (χ0v) is 15.9. The van der Waals surface area contributed by atoms with Crippen LogP contribution in [-0.2, 0) is 9.59 Å². The molecular formula is C19H29N5O2. The molecule has 26 heavy (non-hydrogen) atoms. The molecule has 1 spiro atoms. The maximum Gasteiger partial charge on any atom is 0.246 e. The Kier molecular flexibility index (Phi) is 4.28. The predicted octanol–water partition coefficient (Wildman–Crippen LogP) is 1.63. The van der Waals surface area contributed by atoms with E-state index < -0.39 is 0 Å². The second-order valence-electron chi connectivity index (χ2n) is 9.05. The van der Waals surface area contributed by atoms with Gasteiger partial charge in [-0.05, 0) is 42.9 Å². The van der Waals surface area contributed by atoms with E-state index in [1.165, 1.54) is 0 Å². The summed E-state index contributed by atoms with van der Waals surface area (Å²) in [5, 5.41) is 11.0. The largest absolute Gasteiger partial charge is 0.351 e. The minimum absolute atomic E-state index is 0.0734. The molecule has 142 valence electrons. The van der Waals surface area contributed by atoms with Gasteiger partial charge in [-0.2, -0.15) is 0 Å². The summed E-state index contributed by atoms with van der Waals surface area (Å²) < 4.78 is 1.81. The Hall–Kier alpha value is -1.92. The number of likely N-dealkylation sites (tertiary alicyclic amines) is 1. The van der Waals surface area contributed by atoms with Crippen LogP contribution in [-0.4, -0.2) is 50.6 Å². The number of rotatable bonds is 5. The Morgan fingerprint density at radius 3 is 2.42 bits per heavy atom. The van der Waals surface area contributed by atoms with Crippen molar-refractivity contribution in [1.82, 2.24) is 25.0 Å². The van der Waals surface area contributed by atoms with E-state index in [0.29, 0.717) is 12.5 Å². The zero-order chi connectivity index (χ0) is 18.5. The van der Waals surface area contributed by atoms with Gasteiger partial charge in [-0.25, -0.2) is 0 Å². The Labute approximate surface area is 154 Å². The summed E-state index contributed by atoms with van der Waals surface area (Å²) in [7, 11) is 0. The molecule has 0 radical (unpaired) electrons. The molecule has 2 aliphatic carbocycles. The van der Waals surface area contributed by atoms with Gasteiger partial charge in [-0.15, -0.1) is 10.2 Å². The molecule has 3 fully saturated rings. The molecule has 2 heterocycles. The van der Waals surface area contributed by atoms with Crippen LogP contribution >= 0.6 is 0 Å². The molecule has 3 aliphatic rings. The topological polar surface area (TPSA) is 80.1 Å². The van der Waals surface area contributed by atoms with Crippen LogP contribution in [0.15, 0.2) is 12.7 Å². The van der Waals surface area contributed by atoms with Crippen LogP contribution in [0.5, 0.6) is 0 Å². The number of nitrogens with zero attached hydrogens (tertiary/aromatic N) is 4. The third kappa shape index (κ3) is 3.35. The zero-order valence-electron chi connectivity index (χ0n) is 15.9. The molecule has 1 saturated heterocycles.